The second-order valence-electron chi connectivity index (χ2n) is 9.17. The van der Waals surface area contributed by atoms with Gasteiger partial charge in [-0.3, -0.25) is 9.89 Å². The summed E-state index contributed by atoms with van der Waals surface area (Å²) in [6, 6.07) is 14.1. The number of benzene rings is 2. The van der Waals surface area contributed by atoms with Gasteiger partial charge in [0.25, 0.3) is 0 Å². The fourth-order valence-electron chi connectivity index (χ4n) is 4.33. The molecular weight excluding hydrogens is 452 g/mol. The van der Waals surface area contributed by atoms with Crippen LogP contribution >= 0.6 is 0 Å². The molecule has 1 aliphatic rings. The van der Waals surface area contributed by atoms with Crippen LogP contribution in [-0.2, 0) is 4.79 Å². The number of H-pyrrole nitrogens is 1. The molecule has 3 heterocycles. The lowest BCUT2D eigenvalue weighted by Gasteiger charge is -2.34. The maximum absolute atomic E-state index is 11.8. The van der Waals surface area contributed by atoms with Gasteiger partial charge in [0.2, 0.25) is 5.91 Å². The number of piperazine rings is 1. The smallest absolute Gasteiger partial charge is 0.247 e. The van der Waals surface area contributed by atoms with E-state index in [-0.39, 0.29) is 5.91 Å². The Morgan fingerprint density at radius 2 is 1.86 bits per heavy atom. The van der Waals surface area contributed by atoms with E-state index in [0.717, 1.165) is 65.3 Å². The van der Waals surface area contributed by atoms with Gasteiger partial charge in [-0.15, -0.1) is 0 Å². The first-order valence-electron chi connectivity index (χ1n) is 12.0. The molecule has 0 aliphatic carbocycles. The van der Waals surface area contributed by atoms with Crippen molar-refractivity contribution in [3.8, 4) is 11.4 Å². The van der Waals surface area contributed by atoms with E-state index in [1.807, 2.05) is 38.1 Å². The molecule has 1 fully saturated rings. The van der Waals surface area contributed by atoms with Crippen LogP contribution in [0.25, 0.3) is 22.3 Å². The zero-order chi connectivity index (χ0) is 25.2. The van der Waals surface area contributed by atoms with Crippen molar-refractivity contribution in [3.05, 3.63) is 66.4 Å². The van der Waals surface area contributed by atoms with Crippen LogP contribution in [-0.4, -0.2) is 64.2 Å². The van der Waals surface area contributed by atoms with Gasteiger partial charge in [-0.2, -0.15) is 5.10 Å². The van der Waals surface area contributed by atoms with E-state index in [0.29, 0.717) is 17.5 Å². The summed E-state index contributed by atoms with van der Waals surface area (Å²) in [5, 5.41) is 14.4. The standard InChI is InChI=1S/C27H30N8O/c1-5-25(36)28-22-9-6-19(14-17(22)2)26-29-23-16-20(35-12-10-34(4)11-13-35)7-8-21(23)27(31-26)30-24-15-18(3)32-33-24/h5-9,14-16H,1,10-13H2,2-4H3,(H,28,36)(H2,29,30,31,32,33). The van der Waals surface area contributed by atoms with Crippen molar-refractivity contribution in [2.75, 3.05) is 48.8 Å². The molecule has 0 saturated carbocycles. The topological polar surface area (TPSA) is 102 Å². The normalized spacial score (nSPS) is 14.1. The van der Waals surface area contributed by atoms with Gasteiger partial charge in [0, 0.05) is 60.3 Å². The maximum Gasteiger partial charge on any atom is 0.247 e. The van der Waals surface area contributed by atoms with Gasteiger partial charge in [0.15, 0.2) is 11.6 Å². The summed E-state index contributed by atoms with van der Waals surface area (Å²) in [5.74, 6) is 1.73. The van der Waals surface area contributed by atoms with Crippen molar-refractivity contribution >= 4 is 39.8 Å². The molecule has 1 amide bonds. The largest absolute Gasteiger partial charge is 0.369 e. The van der Waals surface area contributed by atoms with E-state index in [9.17, 15) is 4.79 Å². The van der Waals surface area contributed by atoms with Gasteiger partial charge >= 0.3 is 0 Å². The number of carbonyl (C=O) groups is 1. The third-order valence-electron chi connectivity index (χ3n) is 6.43. The van der Waals surface area contributed by atoms with Crippen molar-refractivity contribution in [1.29, 1.82) is 0 Å². The van der Waals surface area contributed by atoms with E-state index in [2.05, 4.69) is 62.5 Å². The first kappa shape index (κ1) is 23.5. The lowest BCUT2D eigenvalue weighted by atomic mass is 10.1. The Balaban J connectivity index is 1.57. The van der Waals surface area contributed by atoms with Crippen molar-refractivity contribution < 1.29 is 4.79 Å². The quantitative estimate of drug-likeness (QED) is 0.353. The molecule has 2 aromatic heterocycles. The van der Waals surface area contributed by atoms with Crippen LogP contribution in [0.2, 0.25) is 0 Å². The molecule has 4 aromatic rings. The van der Waals surface area contributed by atoms with Gasteiger partial charge < -0.3 is 20.4 Å². The van der Waals surface area contributed by atoms with Crippen molar-refractivity contribution in [2.24, 2.45) is 0 Å². The third kappa shape index (κ3) is 4.92. The van der Waals surface area contributed by atoms with E-state index >= 15 is 0 Å². The van der Waals surface area contributed by atoms with E-state index < -0.39 is 0 Å². The van der Waals surface area contributed by atoms with Crippen molar-refractivity contribution in [2.45, 2.75) is 13.8 Å². The Hall–Kier alpha value is -4.24. The van der Waals surface area contributed by atoms with Crippen LogP contribution in [0.5, 0.6) is 0 Å². The molecule has 3 N–H and O–H groups in total. The molecule has 1 saturated heterocycles. The summed E-state index contributed by atoms with van der Waals surface area (Å²) in [4.78, 5) is 26.3. The summed E-state index contributed by atoms with van der Waals surface area (Å²) in [7, 11) is 2.15. The highest BCUT2D eigenvalue weighted by atomic mass is 16.1. The van der Waals surface area contributed by atoms with Crippen LogP contribution in [0, 0.1) is 13.8 Å². The highest BCUT2D eigenvalue weighted by Gasteiger charge is 2.17. The number of nitrogens with zero attached hydrogens (tertiary/aromatic N) is 5. The summed E-state index contributed by atoms with van der Waals surface area (Å²) in [5.41, 5.74) is 5.47. The zero-order valence-electron chi connectivity index (χ0n) is 20.8. The number of nitrogens with one attached hydrogen (secondary N) is 3. The Kier molecular flexibility index (Phi) is 6.39. The van der Waals surface area contributed by atoms with E-state index in [1.54, 1.807) is 0 Å². The molecule has 0 bridgehead atoms. The minimum absolute atomic E-state index is 0.245. The number of hydrogen-bond donors (Lipinski definition) is 3. The Morgan fingerprint density at radius 1 is 1.06 bits per heavy atom. The Morgan fingerprint density at radius 3 is 2.56 bits per heavy atom. The molecule has 9 nitrogen and oxygen atoms in total. The van der Waals surface area contributed by atoms with Crippen LogP contribution < -0.4 is 15.5 Å². The van der Waals surface area contributed by atoms with Gasteiger partial charge in [-0.05, 0) is 68.9 Å². The number of aromatic amines is 1. The number of carbonyl (C=O) groups excluding carboxylic acids is 1. The van der Waals surface area contributed by atoms with Crippen molar-refractivity contribution in [3.63, 3.8) is 0 Å². The fraction of sp³-hybridized carbons (Fsp3) is 0.259. The Labute approximate surface area is 210 Å². The fourth-order valence-corrected chi connectivity index (χ4v) is 4.33. The minimum atomic E-state index is -0.245. The second kappa shape index (κ2) is 9.79. The molecule has 0 spiro atoms. The monoisotopic (exact) mass is 482 g/mol. The zero-order valence-corrected chi connectivity index (χ0v) is 20.8. The number of amides is 1. The molecule has 5 rings (SSSR count). The maximum atomic E-state index is 11.8. The number of hydrogen-bond acceptors (Lipinski definition) is 7. The number of aryl methyl sites for hydroxylation is 2. The highest BCUT2D eigenvalue weighted by molar-refractivity contribution is 5.99. The SMILES string of the molecule is C=CC(=O)Nc1ccc(-c2nc(Nc3cc(C)[nH]n3)c3ccc(N4CCN(C)CC4)cc3n2)cc1C. The van der Waals surface area contributed by atoms with Crippen LogP contribution in [0.4, 0.5) is 23.0 Å². The average molecular weight is 483 g/mol. The van der Waals surface area contributed by atoms with Gasteiger partial charge in [0.1, 0.15) is 5.82 Å². The first-order valence-corrected chi connectivity index (χ1v) is 12.0. The van der Waals surface area contributed by atoms with E-state index in [4.69, 9.17) is 9.97 Å². The van der Waals surface area contributed by atoms with Gasteiger partial charge in [0.05, 0.1) is 5.52 Å². The summed E-state index contributed by atoms with van der Waals surface area (Å²) in [6.45, 7) is 11.5. The van der Waals surface area contributed by atoms with Crippen LogP contribution in [0.3, 0.4) is 0 Å². The molecule has 0 atom stereocenters. The molecule has 184 valence electrons. The molecule has 0 radical (unpaired) electrons. The second-order valence-corrected chi connectivity index (χ2v) is 9.17. The predicted octanol–water partition coefficient (Wildman–Crippen LogP) is 4.26. The number of anilines is 4. The van der Waals surface area contributed by atoms with Gasteiger partial charge in [-0.1, -0.05) is 6.58 Å². The number of likely N-dealkylation sites (N-methyl/N-ethyl adjacent to an activating group) is 1. The predicted molar refractivity (Wildman–Crippen MR) is 145 cm³/mol. The lowest BCUT2D eigenvalue weighted by Crippen LogP contribution is -2.44. The number of fused-ring (bicyclic) bond motifs is 1. The number of aromatic nitrogens is 4. The van der Waals surface area contributed by atoms with Gasteiger partial charge in [-0.25, -0.2) is 9.97 Å². The van der Waals surface area contributed by atoms with Crippen LogP contribution in [0.1, 0.15) is 11.3 Å². The molecule has 36 heavy (non-hydrogen) atoms. The summed E-state index contributed by atoms with van der Waals surface area (Å²) < 4.78 is 0. The molecule has 0 unspecified atom stereocenters. The highest BCUT2D eigenvalue weighted by Crippen LogP contribution is 2.31. The number of rotatable bonds is 6. The molecule has 9 heteroatoms. The lowest BCUT2D eigenvalue weighted by molar-refractivity contribution is -0.111. The molecule has 2 aromatic carbocycles. The third-order valence-corrected chi connectivity index (χ3v) is 6.43. The summed E-state index contributed by atoms with van der Waals surface area (Å²) in [6.07, 6.45) is 1.26. The molecule has 1 aliphatic heterocycles. The van der Waals surface area contributed by atoms with Crippen molar-refractivity contribution in [1.82, 2.24) is 25.1 Å². The minimum Gasteiger partial charge on any atom is -0.369 e. The average Bonchev–Trinajstić information content (AvgIpc) is 3.29. The first-order chi connectivity index (χ1) is 17.4. The summed E-state index contributed by atoms with van der Waals surface area (Å²) >= 11 is 0. The molecular formula is C27H30N8O. The van der Waals surface area contributed by atoms with E-state index in [1.165, 1.54) is 6.08 Å². The Bertz CT molecular complexity index is 1440. The van der Waals surface area contributed by atoms with Crippen LogP contribution in [0.15, 0.2) is 55.1 Å².